The summed E-state index contributed by atoms with van der Waals surface area (Å²) in [5.74, 6) is -1.04. The number of nitrogens with zero attached hydrogens (tertiary/aromatic N) is 6. The van der Waals surface area contributed by atoms with Crippen LogP contribution in [0.3, 0.4) is 0 Å². The third-order valence-corrected chi connectivity index (χ3v) is 6.87. The van der Waals surface area contributed by atoms with Crippen molar-refractivity contribution in [2.24, 2.45) is 0 Å². The zero-order valence-electron chi connectivity index (χ0n) is 18.5. The van der Waals surface area contributed by atoms with Crippen molar-refractivity contribution >= 4 is 33.4 Å². The van der Waals surface area contributed by atoms with E-state index in [1.807, 2.05) is 0 Å². The second-order valence-electron chi connectivity index (χ2n) is 7.95. The number of hydrogen-bond donors (Lipinski definition) is 1. The van der Waals surface area contributed by atoms with E-state index < -0.39 is 39.8 Å². The quantitative estimate of drug-likeness (QED) is 0.382. The summed E-state index contributed by atoms with van der Waals surface area (Å²) >= 11 is 0. The fourth-order valence-electron chi connectivity index (χ4n) is 3.56. The van der Waals surface area contributed by atoms with Gasteiger partial charge in [0.15, 0.2) is 5.78 Å². The standard InChI is InChI=1S/C21H21N7O5S/c1-21(15-5-4-6-17(11-15)28-13-22-24-25-28)19(30)27(20(31)23-21)12-18(29)14-7-9-16(10-8-14)26(2)34(3,32)33/h4-11,13H,12H2,1-3H3,(H,23,31)/t21-/m0/s1. The number of sulfonamides is 1. The number of amides is 3. The average molecular weight is 484 g/mol. The lowest BCUT2D eigenvalue weighted by Gasteiger charge is -2.22. The molecule has 3 aromatic rings. The number of aromatic nitrogens is 4. The SMILES string of the molecule is CN(c1ccc(C(=O)CN2C(=O)N[C@@](C)(c3cccc(-n4cnnn4)c3)C2=O)cc1)S(C)(=O)=O. The molecule has 0 radical (unpaired) electrons. The maximum atomic E-state index is 13.2. The van der Waals surface area contributed by atoms with E-state index in [1.165, 1.54) is 42.3 Å². The number of Topliss-reactive ketones (excluding diaryl/α,β-unsaturated/α-hetero) is 1. The smallest absolute Gasteiger partial charge is 0.319 e. The highest BCUT2D eigenvalue weighted by Gasteiger charge is 2.49. The predicted molar refractivity (Wildman–Crippen MR) is 121 cm³/mol. The molecular weight excluding hydrogens is 462 g/mol. The van der Waals surface area contributed by atoms with Crippen molar-refractivity contribution in [3.8, 4) is 5.69 Å². The molecule has 2 heterocycles. The minimum Gasteiger partial charge on any atom is -0.319 e. The van der Waals surface area contributed by atoms with E-state index in [-0.39, 0.29) is 5.56 Å². The minimum absolute atomic E-state index is 0.237. The van der Waals surface area contributed by atoms with Gasteiger partial charge in [0, 0.05) is 12.6 Å². The van der Waals surface area contributed by atoms with Crippen LogP contribution in [0.1, 0.15) is 22.8 Å². The van der Waals surface area contributed by atoms with Gasteiger partial charge in [-0.25, -0.2) is 17.9 Å². The Kier molecular flexibility index (Phi) is 5.65. The van der Waals surface area contributed by atoms with Crippen molar-refractivity contribution in [1.82, 2.24) is 30.4 Å². The van der Waals surface area contributed by atoms with Gasteiger partial charge in [-0.15, -0.1) is 5.10 Å². The first kappa shape index (κ1) is 23.0. The van der Waals surface area contributed by atoms with Gasteiger partial charge < -0.3 is 5.32 Å². The Hall–Kier alpha value is -4.13. The average Bonchev–Trinajstić information content (AvgIpc) is 3.42. The molecule has 0 aliphatic carbocycles. The fraction of sp³-hybridized carbons (Fsp3) is 0.238. The topological polar surface area (TPSA) is 147 Å². The molecule has 2 aromatic carbocycles. The van der Waals surface area contributed by atoms with Gasteiger partial charge in [-0.3, -0.25) is 18.8 Å². The van der Waals surface area contributed by atoms with Crippen LogP contribution in [-0.2, 0) is 20.4 Å². The zero-order valence-corrected chi connectivity index (χ0v) is 19.4. The molecule has 12 nitrogen and oxygen atoms in total. The van der Waals surface area contributed by atoms with Crippen LogP contribution < -0.4 is 9.62 Å². The molecule has 1 saturated heterocycles. The Morgan fingerprint density at radius 2 is 1.85 bits per heavy atom. The molecule has 34 heavy (non-hydrogen) atoms. The molecule has 1 N–H and O–H groups in total. The lowest BCUT2D eigenvalue weighted by molar-refractivity contribution is -0.130. The molecule has 0 bridgehead atoms. The Morgan fingerprint density at radius 3 is 2.47 bits per heavy atom. The largest absolute Gasteiger partial charge is 0.325 e. The highest BCUT2D eigenvalue weighted by Crippen LogP contribution is 2.30. The third kappa shape index (κ3) is 4.12. The van der Waals surface area contributed by atoms with Crippen LogP contribution in [0, 0.1) is 0 Å². The van der Waals surface area contributed by atoms with Crippen molar-refractivity contribution in [3.05, 3.63) is 66.0 Å². The number of ketones is 1. The Morgan fingerprint density at radius 1 is 1.15 bits per heavy atom. The fourth-order valence-corrected chi connectivity index (χ4v) is 4.06. The van der Waals surface area contributed by atoms with Crippen molar-refractivity contribution in [3.63, 3.8) is 0 Å². The van der Waals surface area contributed by atoms with Gasteiger partial charge in [-0.1, -0.05) is 12.1 Å². The van der Waals surface area contributed by atoms with Gasteiger partial charge in [0.2, 0.25) is 10.0 Å². The normalized spacial score (nSPS) is 18.1. The number of anilines is 1. The van der Waals surface area contributed by atoms with E-state index in [4.69, 9.17) is 0 Å². The van der Waals surface area contributed by atoms with Gasteiger partial charge >= 0.3 is 6.03 Å². The first-order valence-corrected chi connectivity index (χ1v) is 11.9. The molecular formula is C21H21N7O5S. The summed E-state index contributed by atoms with van der Waals surface area (Å²) in [6, 6.07) is 12.0. The summed E-state index contributed by atoms with van der Waals surface area (Å²) in [6.45, 7) is 1.10. The molecule has 0 spiro atoms. The minimum atomic E-state index is -3.45. The number of tetrazole rings is 1. The van der Waals surface area contributed by atoms with Crippen LogP contribution in [-0.4, -0.2) is 71.1 Å². The van der Waals surface area contributed by atoms with E-state index in [0.29, 0.717) is 16.9 Å². The molecule has 3 amide bonds. The number of rotatable bonds is 7. The maximum Gasteiger partial charge on any atom is 0.325 e. The maximum absolute atomic E-state index is 13.2. The van der Waals surface area contributed by atoms with Crippen molar-refractivity contribution in [2.45, 2.75) is 12.5 Å². The molecule has 1 aliphatic heterocycles. The Bertz CT molecular complexity index is 1370. The summed E-state index contributed by atoms with van der Waals surface area (Å²) in [7, 11) is -2.05. The molecule has 0 saturated carbocycles. The summed E-state index contributed by atoms with van der Waals surface area (Å²) in [5, 5.41) is 13.7. The van der Waals surface area contributed by atoms with Crippen LogP contribution in [0.25, 0.3) is 5.69 Å². The molecule has 1 atom stereocenters. The van der Waals surface area contributed by atoms with E-state index in [0.717, 1.165) is 15.5 Å². The molecule has 0 unspecified atom stereocenters. The second kappa shape index (κ2) is 8.33. The number of urea groups is 1. The highest BCUT2D eigenvalue weighted by molar-refractivity contribution is 7.92. The van der Waals surface area contributed by atoms with Crippen LogP contribution in [0.2, 0.25) is 0 Å². The zero-order chi connectivity index (χ0) is 24.7. The molecule has 13 heteroatoms. The summed E-state index contributed by atoms with van der Waals surface area (Å²) < 4.78 is 25.8. The molecule has 4 rings (SSSR count). The second-order valence-corrected chi connectivity index (χ2v) is 9.97. The Labute approximate surface area is 195 Å². The van der Waals surface area contributed by atoms with Crippen molar-refractivity contribution < 1.29 is 22.8 Å². The number of hydrogen-bond acceptors (Lipinski definition) is 8. The number of imide groups is 1. The first-order chi connectivity index (χ1) is 16.0. The van der Waals surface area contributed by atoms with E-state index >= 15 is 0 Å². The van der Waals surface area contributed by atoms with Crippen LogP contribution in [0.4, 0.5) is 10.5 Å². The number of nitrogens with one attached hydrogen (secondary N) is 1. The van der Waals surface area contributed by atoms with Crippen LogP contribution >= 0.6 is 0 Å². The van der Waals surface area contributed by atoms with Crippen LogP contribution in [0.15, 0.2) is 54.9 Å². The van der Waals surface area contributed by atoms with Gasteiger partial charge in [0.05, 0.1) is 24.2 Å². The number of carbonyl (C=O) groups excluding carboxylic acids is 3. The lowest BCUT2D eigenvalue weighted by Crippen LogP contribution is -2.41. The number of benzene rings is 2. The Balaban J connectivity index is 1.53. The summed E-state index contributed by atoms with van der Waals surface area (Å²) in [6.07, 6.45) is 2.47. The summed E-state index contributed by atoms with van der Waals surface area (Å²) in [5.41, 5.74) is 0.328. The van der Waals surface area contributed by atoms with Gasteiger partial charge in [0.25, 0.3) is 5.91 Å². The van der Waals surface area contributed by atoms with Crippen molar-refractivity contribution in [1.29, 1.82) is 0 Å². The molecule has 1 aromatic heterocycles. The third-order valence-electron chi connectivity index (χ3n) is 5.66. The highest BCUT2D eigenvalue weighted by atomic mass is 32.2. The van der Waals surface area contributed by atoms with Gasteiger partial charge in [0.1, 0.15) is 11.9 Å². The van der Waals surface area contributed by atoms with Crippen LogP contribution in [0.5, 0.6) is 0 Å². The predicted octanol–water partition coefficient (Wildman–Crippen LogP) is 0.708. The molecule has 1 fully saturated rings. The van der Waals surface area contributed by atoms with Crippen molar-refractivity contribution in [2.75, 3.05) is 24.2 Å². The van der Waals surface area contributed by atoms with Gasteiger partial charge in [-0.05, 0) is 59.3 Å². The van der Waals surface area contributed by atoms with E-state index in [2.05, 4.69) is 20.8 Å². The summed E-state index contributed by atoms with van der Waals surface area (Å²) in [4.78, 5) is 39.5. The van der Waals surface area contributed by atoms with Gasteiger partial charge in [-0.2, -0.15) is 0 Å². The molecule has 1 aliphatic rings. The first-order valence-electron chi connectivity index (χ1n) is 10.1. The monoisotopic (exact) mass is 483 g/mol. The van der Waals surface area contributed by atoms with E-state index in [9.17, 15) is 22.8 Å². The molecule has 176 valence electrons. The number of carbonyl (C=O) groups is 3. The lowest BCUT2D eigenvalue weighted by atomic mass is 9.91. The van der Waals surface area contributed by atoms with E-state index in [1.54, 1.807) is 31.2 Å².